The average Bonchev–Trinajstić information content (AvgIpc) is 2.94. The van der Waals surface area contributed by atoms with Crippen LogP contribution in [-0.4, -0.2) is 15.9 Å². The fourth-order valence-corrected chi connectivity index (χ4v) is 2.97. The highest BCUT2D eigenvalue weighted by Crippen LogP contribution is 2.27. The van der Waals surface area contributed by atoms with Gasteiger partial charge in [-0.15, -0.1) is 0 Å². The Balaban J connectivity index is 1.73. The van der Waals surface area contributed by atoms with Gasteiger partial charge in [0.2, 0.25) is 5.91 Å². The summed E-state index contributed by atoms with van der Waals surface area (Å²) >= 11 is 0. The number of aryl methyl sites for hydroxylation is 1. The molecule has 0 spiro atoms. The van der Waals surface area contributed by atoms with Gasteiger partial charge in [-0.1, -0.05) is 32.0 Å². The quantitative estimate of drug-likeness (QED) is 0.908. The Bertz CT molecular complexity index is 645. The van der Waals surface area contributed by atoms with Crippen LogP contribution in [-0.2, 0) is 17.6 Å². The highest BCUT2D eigenvalue weighted by Gasteiger charge is 2.26. The van der Waals surface area contributed by atoms with Crippen LogP contribution >= 0.6 is 0 Å². The van der Waals surface area contributed by atoms with Crippen molar-refractivity contribution in [3.63, 3.8) is 0 Å². The molecule has 1 heterocycles. The summed E-state index contributed by atoms with van der Waals surface area (Å²) in [6, 6.07) is 8.05. The minimum absolute atomic E-state index is 0.0261. The van der Waals surface area contributed by atoms with E-state index in [4.69, 9.17) is 0 Å². The van der Waals surface area contributed by atoms with E-state index in [9.17, 15) is 4.79 Å². The number of nitrogens with one attached hydrogen (secondary N) is 2. The maximum absolute atomic E-state index is 12.5. The van der Waals surface area contributed by atoms with E-state index in [0.29, 0.717) is 5.92 Å². The zero-order chi connectivity index (χ0) is 14.8. The molecule has 1 unspecified atom stereocenters. The normalized spacial score (nSPS) is 17.6. The number of hydrogen-bond donors (Lipinski definition) is 2. The largest absolute Gasteiger partial charge is 0.348 e. The van der Waals surface area contributed by atoms with Crippen molar-refractivity contribution in [3.05, 3.63) is 47.5 Å². The van der Waals surface area contributed by atoms with Crippen molar-refractivity contribution in [2.24, 2.45) is 5.92 Å². The maximum atomic E-state index is 12.5. The van der Waals surface area contributed by atoms with Crippen LogP contribution in [0.25, 0.3) is 0 Å². The number of amides is 1. The molecule has 0 aliphatic heterocycles. The third-order valence-corrected chi connectivity index (χ3v) is 4.20. The zero-order valence-corrected chi connectivity index (χ0v) is 12.5. The van der Waals surface area contributed by atoms with Crippen LogP contribution in [0.2, 0.25) is 0 Å². The molecule has 4 nitrogen and oxygen atoms in total. The predicted octanol–water partition coefficient (Wildman–Crippen LogP) is 3.28. The van der Waals surface area contributed by atoms with Crippen molar-refractivity contribution in [1.29, 1.82) is 0 Å². The predicted molar refractivity (Wildman–Crippen MR) is 83.3 cm³/mol. The number of aromatic amines is 1. The molecule has 0 fully saturated rings. The molecule has 2 N–H and O–H groups in total. The Labute approximate surface area is 125 Å². The van der Waals surface area contributed by atoms with E-state index in [1.165, 1.54) is 5.56 Å². The monoisotopic (exact) mass is 283 g/mol. The van der Waals surface area contributed by atoms with Gasteiger partial charge >= 0.3 is 0 Å². The van der Waals surface area contributed by atoms with Gasteiger partial charge in [0.1, 0.15) is 0 Å². The van der Waals surface area contributed by atoms with E-state index in [-0.39, 0.29) is 11.8 Å². The molecule has 2 aromatic rings. The lowest BCUT2D eigenvalue weighted by Crippen LogP contribution is -2.28. The van der Waals surface area contributed by atoms with Crippen molar-refractivity contribution >= 4 is 11.6 Å². The number of H-pyrrole nitrogens is 1. The first kappa shape index (κ1) is 13.9. The van der Waals surface area contributed by atoms with Crippen molar-refractivity contribution < 1.29 is 4.79 Å². The van der Waals surface area contributed by atoms with Gasteiger partial charge in [-0.05, 0) is 30.4 Å². The maximum Gasteiger partial charge on any atom is 0.227 e. The lowest BCUT2D eigenvalue weighted by Gasteiger charge is -2.22. The van der Waals surface area contributed by atoms with Gasteiger partial charge in [0.15, 0.2) is 0 Å². The highest BCUT2D eigenvalue weighted by molar-refractivity contribution is 5.93. The average molecular weight is 283 g/mol. The molecule has 1 aromatic carbocycles. The minimum atomic E-state index is 0.0261. The minimum Gasteiger partial charge on any atom is -0.348 e. The molecule has 1 atom stereocenters. The van der Waals surface area contributed by atoms with E-state index in [1.807, 2.05) is 18.2 Å². The molecule has 0 saturated heterocycles. The number of nitrogens with zero attached hydrogens (tertiary/aromatic N) is 1. The molecule has 110 valence electrons. The number of imidazole rings is 1. The molecule has 1 aromatic heterocycles. The molecule has 1 aliphatic carbocycles. The first-order valence-corrected chi connectivity index (χ1v) is 7.56. The first-order valence-electron chi connectivity index (χ1n) is 7.56. The molecule has 0 radical (unpaired) electrons. The SMILES string of the molecule is CC(C)c1ccccc1NC(=O)C1CCc2nc[nH]c2C1. The molecular weight excluding hydrogens is 262 g/mol. The van der Waals surface area contributed by atoms with E-state index < -0.39 is 0 Å². The fourth-order valence-electron chi connectivity index (χ4n) is 2.97. The van der Waals surface area contributed by atoms with E-state index >= 15 is 0 Å². The number of carbonyl (C=O) groups is 1. The van der Waals surface area contributed by atoms with Gasteiger partial charge in [-0.3, -0.25) is 4.79 Å². The Hall–Kier alpha value is -2.10. The van der Waals surface area contributed by atoms with Crippen LogP contribution in [0.4, 0.5) is 5.69 Å². The second kappa shape index (κ2) is 5.72. The molecule has 4 heteroatoms. The second-order valence-electron chi connectivity index (χ2n) is 6.00. The first-order chi connectivity index (χ1) is 10.1. The topological polar surface area (TPSA) is 57.8 Å². The summed E-state index contributed by atoms with van der Waals surface area (Å²) in [6.07, 6.45) is 4.22. The number of para-hydroxylation sites is 1. The lowest BCUT2D eigenvalue weighted by molar-refractivity contribution is -0.120. The number of rotatable bonds is 3. The number of carbonyl (C=O) groups excluding carboxylic acids is 1. The fraction of sp³-hybridized carbons (Fsp3) is 0.412. The van der Waals surface area contributed by atoms with E-state index in [2.05, 4.69) is 35.2 Å². The van der Waals surface area contributed by atoms with Crippen molar-refractivity contribution in [1.82, 2.24) is 9.97 Å². The van der Waals surface area contributed by atoms with Crippen LogP contribution in [0.1, 0.15) is 43.1 Å². The van der Waals surface area contributed by atoms with Gasteiger partial charge in [0.05, 0.1) is 12.0 Å². The summed E-state index contributed by atoms with van der Waals surface area (Å²) in [5.74, 6) is 0.536. The van der Waals surface area contributed by atoms with Gasteiger partial charge < -0.3 is 10.3 Å². The second-order valence-corrected chi connectivity index (χ2v) is 6.00. The Kier molecular flexibility index (Phi) is 3.78. The van der Waals surface area contributed by atoms with Gasteiger partial charge in [-0.2, -0.15) is 0 Å². The molecule has 0 bridgehead atoms. The number of fused-ring (bicyclic) bond motifs is 1. The molecular formula is C17H21N3O. The molecule has 3 rings (SSSR count). The van der Waals surface area contributed by atoms with Gasteiger partial charge in [-0.25, -0.2) is 4.98 Å². The summed E-state index contributed by atoms with van der Waals surface area (Å²) in [7, 11) is 0. The number of aromatic nitrogens is 2. The molecule has 1 amide bonds. The number of anilines is 1. The molecule has 0 saturated carbocycles. The highest BCUT2D eigenvalue weighted by atomic mass is 16.1. The Morgan fingerprint density at radius 1 is 1.38 bits per heavy atom. The van der Waals surface area contributed by atoms with Crippen LogP contribution in [0, 0.1) is 5.92 Å². The summed E-state index contributed by atoms with van der Waals surface area (Å²) in [5, 5.41) is 3.11. The number of hydrogen-bond acceptors (Lipinski definition) is 2. The Morgan fingerprint density at radius 3 is 3.00 bits per heavy atom. The van der Waals surface area contributed by atoms with E-state index in [1.54, 1.807) is 6.33 Å². The van der Waals surface area contributed by atoms with Crippen molar-refractivity contribution in [2.75, 3.05) is 5.32 Å². The third kappa shape index (κ3) is 2.84. The zero-order valence-electron chi connectivity index (χ0n) is 12.5. The summed E-state index contributed by atoms with van der Waals surface area (Å²) in [5.41, 5.74) is 4.34. The summed E-state index contributed by atoms with van der Waals surface area (Å²) in [4.78, 5) is 20.0. The van der Waals surface area contributed by atoms with Crippen molar-refractivity contribution in [2.45, 2.75) is 39.0 Å². The lowest BCUT2D eigenvalue weighted by atomic mass is 9.89. The summed E-state index contributed by atoms with van der Waals surface area (Å²) < 4.78 is 0. The third-order valence-electron chi connectivity index (χ3n) is 4.20. The van der Waals surface area contributed by atoms with E-state index in [0.717, 1.165) is 36.3 Å². The Morgan fingerprint density at radius 2 is 2.19 bits per heavy atom. The van der Waals surface area contributed by atoms with Crippen LogP contribution in [0.5, 0.6) is 0 Å². The van der Waals surface area contributed by atoms with Gasteiger partial charge in [0.25, 0.3) is 0 Å². The van der Waals surface area contributed by atoms with Crippen LogP contribution < -0.4 is 5.32 Å². The van der Waals surface area contributed by atoms with Crippen LogP contribution in [0.3, 0.4) is 0 Å². The van der Waals surface area contributed by atoms with Gasteiger partial charge in [0, 0.05) is 23.7 Å². The number of benzene rings is 1. The van der Waals surface area contributed by atoms with Crippen molar-refractivity contribution in [3.8, 4) is 0 Å². The summed E-state index contributed by atoms with van der Waals surface area (Å²) in [6.45, 7) is 4.28. The molecule has 1 aliphatic rings. The standard InChI is InChI=1S/C17H21N3O/c1-11(2)13-5-3-4-6-14(13)20-17(21)12-7-8-15-16(9-12)19-10-18-15/h3-6,10-12H,7-9H2,1-2H3,(H,18,19)(H,20,21). The molecule has 21 heavy (non-hydrogen) atoms. The smallest absolute Gasteiger partial charge is 0.227 e. The van der Waals surface area contributed by atoms with Crippen LogP contribution in [0.15, 0.2) is 30.6 Å².